The van der Waals surface area contributed by atoms with E-state index >= 15 is 0 Å². The lowest BCUT2D eigenvalue weighted by atomic mass is 10.1. The van der Waals surface area contributed by atoms with Gasteiger partial charge in [0, 0.05) is 23.7 Å². The van der Waals surface area contributed by atoms with Gasteiger partial charge in [0.1, 0.15) is 5.75 Å². The first-order valence-electron chi connectivity index (χ1n) is 6.99. The lowest BCUT2D eigenvalue weighted by Gasteiger charge is -2.24. The highest BCUT2D eigenvalue weighted by atomic mass is 79.9. The Balaban J connectivity index is 1.84. The summed E-state index contributed by atoms with van der Waals surface area (Å²) < 4.78 is 6.48. The van der Waals surface area contributed by atoms with Gasteiger partial charge >= 0.3 is 0 Å². The first-order chi connectivity index (χ1) is 9.70. The van der Waals surface area contributed by atoms with Crippen LogP contribution < -0.4 is 4.74 Å². The molecule has 1 heterocycles. The van der Waals surface area contributed by atoms with Gasteiger partial charge in [-0.15, -0.1) is 0 Å². The van der Waals surface area contributed by atoms with E-state index in [1.807, 2.05) is 29.2 Å². The molecule has 4 nitrogen and oxygen atoms in total. The molecular formula is C15H20BrNO3. The van der Waals surface area contributed by atoms with Crippen LogP contribution in [-0.4, -0.2) is 41.7 Å². The quantitative estimate of drug-likeness (QED) is 0.865. The van der Waals surface area contributed by atoms with Crippen LogP contribution in [0, 0.1) is 0 Å². The molecule has 20 heavy (non-hydrogen) atoms. The van der Waals surface area contributed by atoms with Crippen LogP contribution in [0.5, 0.6) is 5.75 Å². The number of ether oxygens (including phenoxy) is 1. The highest BCUT2D eigenvalue weighted by Gasteiger charge is 2.28. The molecule has 1 amide bonds. The van der Waals surface area contributed by atoms with Gasteiger partial charge in [0.15, 0.2) is 6.61 Å². The molecule has 1 unspecified atom stereocenters. The fourth-order valence-electron chi connectivity index (χ4n) is 2.58. The van der Waals surface area contributed by atoms with E-state index in [0.29, 0.717) is 5.75 Å². The number of benzene rings is 1. The van der Waals surface area contributed by atoms with Gasteiger partial charge in [0.2, 0.25) is 0 Å². The number of carbonyl (C=O) groups excluding carboxylic acids is 1. The van der Waals surface area contributed by atoms with Crippen LogP contribution in [0.4, 0.5) is 0 Å². The summed E-state index contributed by atoms with van der Waals surface area (Å²) in [6, 6.07) is 7.75. The number of likely N-dealkylation sites (tertiary alicyclic amines) is 1. The van der Waals surface area contributed by atoms with E-state index in [4.69, 9.17) is 9.84 Å². The molecule has 0 aromatic heterocycles. The average Bonchev–Trinajstić information content (AvgIpc) is 2.91. The predicted molar refractivity (Wildman–Crippen MR) is 80.7 cm³/mol. The van der Waals surface area contributed by atoms with Crippen LogP contribution in [0.2, 0.25) is 0 Å². The standard InChI is InChI=1S/C15H20BrNO3/c16-12-4-1-7-14(10-12)20-11-15(19)17-8-2-5-13(17)6-3-9-18/h1,4,7,10,13,18H,2-3,5-6,8-9,11H2. The number of halogens is 1. The predicted octanol–water partition coefficient (Wildman–Crippen LogP) is 2.59. The second-order valence-corrected chi connectivity index (χ2v) is 5.91. The van der Waals surface area contributed by atoms with Gasteiger partial charge in [0.25, 0.3) is 5.91 Å². The average molecular weight is 342 g/mol. The Labute approximate surface area is 127 Å². The minimum atomic E-state index is 0.0328. The number of hydrogen-bond acceptors (Lipinski definition) is 3. The van der Waals surface area contributed by atoms with Gasteiger partial charge in [-0.05, 0) is 43.9 Å². The van der Waals surface area contributed by atoms with E-state index in [9.17, 15) is 4.79 Å². The van der Waals surface area contributed by atoms with Crippen LogP contribution in [0.1, 0.15) is 25.7 Å². The summed E-state index contributed by atoms with van der Waals surface area (Å²) in [5, 5.41) is 8.90. The van der Waals surface area contributed by atoms with Gasteiger partial charge in [-0.2, -0.15) is 0 Å². The molecule has 1 saturated heterocycles. The van der Waals surface area contributed by atoms with Crippen LogP contribution in [0.3, 0.4) is 0 Å². The number of rotatable bonds is 6. The van der Waals surface area contributed by atoms with Gasteiger partial charge < -0.3 is 14.7 Å². The van der Waals surface area contributed by atoms with Crippen molar-refractivity contribution in [3.8, 4) is 5.75 Å². The van der Waals surface area contributed by atoms with E-state index in [2.05, 4.69) is 15.9 Å². The van der Waals surface area contributed by atoms with Crippen LogP contribution >= 0.6 is 15.9 Å². The molecule has 0 bridgehead atoms. The minimum Gasteiger partial charge on any atom is -0.484 e. The summed E-state index contributed by atoms with van der Waals surface area (Å²) in [5.74, 6) is 0.726. The van der Waals surface area contributed by atoms with Gasteiger partial charge in [-0.3, -0.25) is 4.79 Å². The molecule has 1 aromatic carbocycles. The van der Waals surface area contributed by atoms with Gasteiger partial charge in [-0.25, -0.2) is 0 Å². The number of aliphatic hydroxyl groups is 1. The molecule has 0 spiro atoms. The number of aliphatic hydroxyl groups excluding tert-OH is 1. The summed E-state index contributed by atoms with van der Waals surface area (Å²) in [6.07, 6.45) is 3.70. The number of hydrogen-bond donors (Lipinski definition) is 1. The molecule has 1 N–H and O–H groups in total. The van der Waals surface area contributed by atoms with E-state index in [1.165, 1.54) is 0 Å². The van der Waals surface area contributed by atoms with Crippen molar-refractivity contribution in [2.45, 2.75) is 31.7 Å². The minimum absolute atomic E-state index is 0.0328. The molecular weight excluding hydrogens is 322 g/mol. The second kappa shape index (κ2) is 7.64. The van der Waals surface area contributed by atoms with E-state index in [0.717, 1.165) is 36.7 Å². The first kappa shape index (κ1) is 15.3. The van der Waals surface area contributed by atoms with Crippen molar-refractivity contribution < 1.29 is 14.6 Å². The topological polar surface area (TPSA) is 49.8 Å². The smallest absolute Gasteiger partial charge is 0.260 e. The van der Waals surface area contributed by atoms with Crippen molar-refractivity contribution in [2.75, 3.05) is 19.8 Å². The largest absolute Gasteiger partial charge is 0.484 e. The van der Waals surface area contributed by atoms with Crippen molar-refractivity contribution in [3.05, 3.63) is 28.7 Å². The molecule has 1 fully saturated rings. The van der Waals surface area contributed by atoms with Crippen molar-refractivity contribution >= 4 is 21.8 Å². The third-order valence-corrected chi connectivity index (χ3v) is 4.04. The second-order valence-electron chi connectivity index (χ2n) is 5.00. The Bertz CT molecular complexity index is 452. The Hall–Kier alpha value is -1.07. The maximum atomic E-state index is 12.2. The van der Waals surface area contributed by atoms with Crippen molar-refractivity contribution in [1.82, 2.24) is 4.90 Å². The van der Waals surface area contributed by atoms with Crippen LogP contribution in [-0.2, 0) is 4.79 Å². The molecule has 1 aromatic rings. The van der Waals surface area contributed by atoms with Crippen molar-refractivity contribution in [2.24, 2.45) is 0 Å². The van der Waals surface area contributed by atoms with Gasteiger partial charge in [0.05, 0.1) is 0 Å². The summed E-state index contributed by atoms with van der Waals surface area (Å²) in [6.45, 7) is 1.07. The van der Waals surface area contributed by atoms with E-state index < -0.39 is 0 Å². The number of amides is 1. The zero-order valence-electron chi connectivity index (χ0n) is 11.4. The monoisotopic (exact) mass is 341 g/mol. The molecule has 110 valence electrons. The van der Waals surface area contributed by atoms with Crippen molar-refractivity contribution in [1.29, 1.82) is 0 Å². The van der Waals surface area contributed by atoms with Crippen molar-refractivity contribution in [3.63, 3.8) is 0 Å². The third kappa shape index (κ3) is 4.21. The molecule has 5 heteroatoms. The Morgan fingerprint density at radius 2 is 2.35 bits per heavy atom. The third-order valence-electron chi connectivity index (χ3n) is 3.55. The molecule has 0 aliphatic carbocycles. The zero-order chi connectivity index (χ0) is 14.4. The highest BCUT2D eigenvalue weighted by Crippen LogP contribution is 2.22. The lowest BCUT2D eigenvalue weighted by Crippen LogP contribution is -2.38. The molecule has 1 aliphatic rings. The molecule has 1 aliphatic heterocycles. The first-order valence-corrected chi connectivity index (χ1v) is 7.78. The Morgan fingerprint density at radius 3 is 3.10 bits per heavy atom. The van der Waals surface area contributed by atoms with Gasteiger partial charge in [-0.1, -0.05) is 22.0 Å². The molecule has 1 atom stereocenters. The molecule has 0 radical (unpaired) electrons. The number of carbonyl (C=O) groups is 1. The SMILES string of the molecule is O=C(COc1cccc(Br)c1)N1CCCC1CCCO. The summed E-state index contributed by atoms with van der Waals surface area (Å²) in [7, 11) is 0. The van der Waals surface area contributed by atoms with Crippen LogP contribution in [0.25, 0.3) is 0 Å². The highest BCUT2D eigenvalue weighted by molar-refractivity contribution is 9.10. The zero-order valence-corrected chi connectivity index (χ0v) is 13.0. The maximum absolute atomic E-state index is 12.2. The molecule has 0 saturated carbocycles. The van der Waals surface area contributed by atoms with E-state index in [1.54, 1.807) is 0 Å². The fraction of sp³-hybridized carbons (Fsp3) is 0.533. The van der Waals surface area contributed by atoms with E-state index in [-0.39, 0.29) is 25.2 Å². The Kier molecular flexibility index (Phi) is 5.86. The normalized spacial score (nSPS) is 18.3. The fourth-order valence-corrected chi connectivity index (χ4v) is 2.95. The lowest BCUT2D eigenvalue weighted by molar-refractivity contribution is -0.134. The number of nitrogens with zero attached hydrogens (tertiary/aromatic N) is 1. The summed E-state index contributed by atoms with van der Waals surface area (Å²) in [5.41, 5.74) is 0. The summed E-state index contributed by atoms with van der Waals surface area (Å²) in [4.78, 5) is 14.1. The maximum Gasteiger partial charge on any atom is 0.260 e. The van der Waals surface area contributed by atoms with Crippen LogP contribution in [0.15, 0.2) is 28.7 Å². The summed E-state index contributed by atoms with van der Waals surface area (Å²) >= 11 is 3.37. The Morgan fingerprint density at radius 1 is 1.50 bits per heavy atom. The molecule has 2 rings (SSSR count).